The average molecular weight is 319 g/mol. The fourth-order valence-electron chi connectivity index (χ4n) is 2.50. The first-order valence-corrected chi connectivity index (χ1v) is 8.23. The lowest BCUT2D eigenvalue weighted by Gasteiger charge is -2.34. The third kappa shape index (κ3) is 3.39. The van der Waals surface area contributed by atoms with Crippen molar-refractivity contribution in [2.45, 2.75) is 6.92 Å². The van der Waals surface area contributed by atoms with Gasteiger partial charge in [0.15, 0.2) is 5.17 Å². The van der Waals surface area contributed by atoms with Gasteiger partial charge in [-0.3, -0.25) is 4.79 Å². The third-order valence-electron chi connectivity index (χ3n) is 3.87. The topological polar surface area (TPSA) is 35.9 Å². The summed E-state index contributed by atoms with van der Waals surface area (Å²) in [6.45, 7) is 7.02. The van der Waals surface area contributed by atoms with Gasteiger partial charge in [0, 0.05) is 26.2 Å². The number of amides is 1. The smallest absolute Gasteiger partial charge is 0.286 e. The lowest BCUT2D eigenvalue weighted by Crippen LogP contribution is -2.47. The first-order chi connectivity index (χ1) is 10.7. The summed E-state index contributed by atoms with van der Waals surface area (Å²) in [7, 11) is 0. The second-order valence-electron chi connectivity index (χ2n) is 5.28. The van der Waals surface area contributed by atoms with Crippen LogP contribution < -0.4 is 0 Å². The number of nitrogens with zero attached hydrogens (tertiary/aromatic N) is 3. The van der Waals surface area contributed by atoms with Crippen molar-refractivity contribution in [3.05, 3.63) is 40.6 Å². The van der Waals surface area contributed by atoms with Crippen LogP contribution in [-0.2, 0) is 4.79 Å². The predicted octanol–water partition coefficient (Wildman–Crippen LogP) is 2.43. The van der Waals surface area contributed by atoms with E-state index in [-0.39, 0.29) is 11.7 Å². The fourth-order valence-corrected chi connectivity index (χ4v) is 3.46. The van der Waals surface area contributed by atoms with Crippen LogP contribution in [0.15, 0.2) is 34.2 Å². The van der Waals surface area contributed by atoms with E-state index in [0.29, 0.717) is 4.91 Å². The molecule has 0 spiro atoms. The minimum absolute atomic E-state index is 0.206. The molecule has 0 radical (unpaired) electrons. The molecule has 1 fully saturated rings. The van der Waals surface area contributed by atoms with Crippen molar-refractivity contribution in [1.29, 1.82) is 0 Å². The molecule has 22 heavy (non-hydrogen) atoms. The summed E-state index contributed by atoms with van der Waals surface area (Å²) in [6.07, 6.45) is 1.77. The van der Waals surface area contributed by atoms with Crippen LogP contribution in [0.2, 0.25) is 0 Å². The highest BCUT2D eigenvalue weighted by molar-refractivity contribution is 8.18. The molecular formula is C16H18FN3OS. The van der Waals surface area contributed by atoms with E-state index >= 15 is 0 Å². The standard InChI is InChI=1S/C16H18FN3OS/c1-2-19-7-9-20(10-8-19)16-18-15(21)14(22-16)11-12-3-5-13(17)6-4-12/h3-6,11H,2,7-10H2,1H3. The molecule has 0 saturated carbocycles. The molecule has 1 aromatic rings. The average Bonchev–Trinajstić information content (AvgIpc) is 2.91. The Labute approximate surface area is 133 Å². The van der Waals surface area contributed by atoms with Crippen molar-refractivity contribution < 1.29 is 9.18 Å². The number of rotatable bonds is 2. The maximum absolute atomic E-state index is 12.9. The Morgan fingerprint density at radius 2 is 1.91 bits per heavy atom. The van der Waals surface area contributed by atoms with Gasteiger partial charge in [0.25, 0.3) is 5.91 Å². The molecule has 116 valence electrons. The van der Waals surface area contributed by atoms with E-state index in [9.17, 15) is 9.18 Å². The van der Waals surface area contributed by atoms with Gasteiger partial charge >= 0.3 is 0 Å². The zero-order valence-electron chi connectivity index (χ0n) is 12.5. The van der Waals surface area contributed by atoms with Gasteiger partial charge < -0.3 is 9.80 Å². The summed E-state index contributed by atoms with van der Waals surface area (Å²) in [6, 6.07) is 6.10. The van der Waals surface area contributed by atoms with E-state index in [1.807, 2.05) is 0 Å². The molecule has 4 nitrogen and oxygen atoms in total. The van der Waals surface area contributed by atoms with Crippen LogP contribution in [0.1, 0.15) is 12.5 Å². The molecule has 2 aliphatic heterocycles. The molecule has 0 aromatic heterocycles. The Kier molecular flexibility index (Phi) is 4.59. The number of carbonyl (C=O) groups excluding carboxylic acids is 1. The van der Waals surface area contributed by atoms with Gasteiger partial charge in [-0.05, 0) is 42.1 Å². The molecular weight excluding hydrogens is 301 g/mol. The van der Waals surface area contributed by atoms with Crippen molar-refractivity contribution in [2.24, 2.45) is 4.99 Å². The number of aliphatic imine (C=N–C) groups is 1. The summed E-state index contributed by atoms with van der Waals surface area (Å²) in [5.41, 5.74) is 0.810. The Morgan fingerprint density at radius 1 is 1.23 bits per heavy atom. The predicted molar refractivity (Wildman–Crippen MR) is 88.1 cm³/mol. The van der Waals surface area contributed by atoms with Crippen molar-refractivity contribution in [2.75, 3.05) is 32.7 Å². The van der Waals surface area contributed by atoms with Crippen LogP contribution in [0.3, 0.4) is 0 Å². The van der Waals surface area contributed by atoms with Crippen LogP contribution in [0, 0.1) is 5.82 Å². The van der Waals surface area contributed by atoms with E-state index < -0.39 is 0 Å². The van der Waals surface area contributed by atoms with Crippen LogP contribution in [-0.4, -0.2) is 53.6 Å². The largest absolute Gasteiger partial charge is 0.348 e. The molecule has 0 atom stereocenters. The molecule has 2 heterocycles. The molecule has 1 amide bonds. The molecule has 6 heteroatoms. The number of carbonyl (C=O) groups is 1. The monoisotopic (exact) mass is 319 g/mol. The molecule has 0 bridgehead atoms. The fraction of sp³-hybridized carbons (Fsp3) is 0.375. The summed E-state index contributed by atoms with van der Waals surface area (Å²) in [4.78, 5) is 21.3. The number of benzene rings is 1. The summed E-state index contributed by atoms with van der Waals surface area (Å²) in [5.74, 6) is -0.486. The number of piperazine rings is 1. The maximum Gasteiger partial charge on any atom is 0.286 e. The van der Waals surface area contributed by atoms with E-state index in [4.69, 9.17) is 0 Å². The lowest BCUT2D eigenvalue weighted by atomic mass is 10.2. The molecule has 0 N–H and O–H groups in total. The SMILES string of the molecule is CCN1CCN(C2=NC(=O)C(=Cc3ccc(F)cc3)S2)CC1. The Balaban J connectivity index is 1.67. The van der Waals surface area contributed by atoms with Crippen molar-refractivity contribution in [3.8, 4) is 0 Å². The van der Waals surface area contributed by atoms with Gasteiger partial charge in [-0.2, -0.15) is 4.99 Å². The maximum atomic E-state index is 12.9. The third-order valence-corrected chi connectivity index (χ3v) is 4.91. The number of likely N-dealkylation sites (N-methyl/N-ethyl adjacent to an activating group) is 1. The Hall–Kier alpha value is -1.66. The molecule has 2 aliphatic rings. The number of hydrogen-bond acceptors (Lipinski definition) is 4. The number of amidine groups is 1. The van der Waals surface area contributed by atoms with Gasteiger partial charge in [0.05, 0.1) is 4.91 Å². The van der Waals surface area contributed by atoms with E-state index in [0.717, 1.165) is 43.5 Å². The zero-order valence-corrected chi connectivity index (χ0v) is 13.3. The number of thioether (sulfide) groups is 1. The van der Waals surface area contributed by atoms with Crippen LogP contribution >= 0.6 is 11.8 Å². The molecule has 3 rings (SSSR count). The highest BCUT2D eigenvalue weighted by Gasteiger charge is 2.28. The molecule has 0 aliphatic carbocycles. The van der Waals surface area contributed by atoms with Crippen LogP contribution in [0.25, 0.3) is 6.08 Å². The lowest BCUT2D eigenvalue weighted by molar-refractivity contribution is -0.113. The van der Waals surface area contributed by atoms with Gasteiger partial charge in [0.1, 0.15) is 5.82 Å². The summed E-state index contributed by atoms with van der Waals surface area (Å²) < 4.78 is 12.9. The van der Waals surface area contributed by atoms with Crippen molar-refractivity contribution in [3.63, 3.8) is 0 Å². The second kappa shape index (κ2) is 6.62. The van der Waals surface area contributed by atoms with Gasteiger partial charge in [-0.15, -0.1) is 0 Å². The van der Waals surface area contributed by atoms with Crippen molar-refractivity contribution in [1.82, 2.24) is 9.80 Å². The highest BCUT2D eigenvalue weighted by Crippen LogP contribution is 2.30. The minimum Gasteiger partial charge on any atom is -0.348 e. The summed E-state index contributed by atoms with van der Waals surface area (Å²) in [5, 5.41) is 0.786. The Bertz CT molecular complexity index is 619. The van der Waals surface area contributed by atoms with Gasteiger partial charge in [-0.25, -0.2) is 4.39 Å². The normalized spacial score (nSPS) is 21.5. The van der Waals surface area contributed by atoms with E-state index in [1.54, 1.807) is 18.2 Å². The van der Waals surface area contributed by atoms with Crippen LogP contribution in [0.5, 0.6) is 0 Å². The molecule has 1 saturated heterocycles. The summed E-state index contributed by atoms with van der Waals surface area (Å²) >= 11 is 1.41. The first kappa shape index (κ1) is 15.2. The zero-order chi connectivity index (χ0) is 15.5. The van der Waals surface area contributed by atoms with Crippen LogP contribution in [0.4, 0.5) is 4.39 Å². The number of hydrogen-bond donors (Lipinski definition) is 0. The van der Waals surface area contributed by atoms with Crippen molar-refractivity contribution >= 4 is 28.9 Å². The first-order valence-electron chi connectivity index (χ1n) is 7.41. The van der Waals surface area contributed by atoms with E-state index in [1.165, 1.54) is 23.9 Å². The minimum atomic E-state index is -0.279. The molecule has 1 aromatic carbocycles. The Morgan fingerprint density at radius 3 is 2.55 bits per heavy atom. The van der Waals surface area contributed by atoms with E-state index in [2.05, 4.69) is 21.7 Å². The number of halogens is 1. The molecule has 0 unspecified atom stereocenters. The second-order valence-corrected chi connectivity index (χ2v) is 6.29. The quantitative estimate of drug-likeness (QED) is 0.785. The van der Waals surface area contributed by atoms with Gasteiger partial charge in [0.2, 0.25) is 0 Å². The van der Waals surface area contributed by atoms with Gasteiger partial charge in [-0.1, -0.05) is 19.1 Å². The highest BCUT2D eigenvalue weighted by atomic mass is 32.2.